The van der Waals surface area contributed by atoms with Crippen LogP contribution >= 0.6 is 46.3 Å². The number of benzene rings is 2. The van der Waals surface area contributed by atoms with E-state index >= 15 is 0 Å². The van der Waals surface area contributed by atoms with Crippen LogP contribution in [0.25, 0.3) is 11.3 Å². The predicted molar refractivity (Wildman–Crippen MR) is 161 cm³/mol. The standard InChI is InChI=1S/C28H33Cl2N5OS2/c1-34(26-6-3-11-31-26)22-5-2-4-20(15-22)25-17-37-28(33-25)38-18-27(36)32-21-9-12-35(13-10-21)16-19-7-8-23(29)24(30)14-19/h2,4-5,7-8,14-15,17,21,26,31H,3,6,9-13,16,18H2,1H3,(H,32,36). The number of carbonyl (C=O) groups is 1. The first-order valence-corrected chi connectivity index (χ1v) is 15.7. The van der Waals surface area contributed by atoms with Gasteiger partial charge in [-0.2, -0.15) is 0 Å². The van der Waals surface area contributed by atoms with Gasteiger partial charge in [-0.15, -0.1) is 11.3 Å². The van der Waals surface area contributed by atoms with Crippen LogP contribution in [-0.4, -0.2) is 60.4 Å². The summed E-state index contributed by atoms with van der Waals surface area (Å²) in [6.45, 7) is 3.81. The Morgan fingerprint density at radius 1 is 1.18 bits per heavy atom. The minimum Gasteiger partial charge on any atom is -0.359 e. The van der Waals surface area contributed by atoms with Crippen molar-refractivity contribution in [1.29, 1.82) is 0 Å². The Hall–Kier alpha value is -1.81. The predicted octanol–water partition coefficient (Wildman–Crippen LogP) is 6.14. The lowest BCUT2D eigenvalue weighted by molar-refractivity contribution is -0.119. The Morgan fingerprint density at radius 3 is 2.79 bits per heavy atom. The van der Waals surface area contributed by atoms with E-state index in [1.54, 1.807) is 11.3 Å². The number of nitrogens with zero attached hydrogens (tertiary/aromatic N) is 3. The van der Waals surface area contributed by atoms with Gasteiger partial charge in [-0.1, -0.05) is 53.2 Å². The molecule has 2 aliphatic heterocycles. The molecule has 2 aliphatic rings. The number of aromatic nitrogens is 1. The number of likely N-dealkylation sites (tertiary alicyclic amines) is 1. The molecule has 10 heteroatoms. The number of amides is 1. The lowest BCUT2D eigenvalue weighted by Crippen LogP contribution is -2.44. The van der Waals surface area contributed by atoms with E-state index < -0.39 is 0 Å². The molecular weight excluding hydrogens is 557 g/mol. The van der Waals surface area contributed by atoms with E-state index in [0.717, 1.165) is 66.6 Å². The fourth-order valence-electron chi connectivity index (χ4n) is 5.05. The van der Waals surface area contributed by atoms with Crippen molar-refractivity contribution in [3.8, 4) is 11.3 Å². The van der Waals surface area contributed by atoms with Crippen LogP contribution in [0.4, 0.5) is 5.69 Å². The number of hydrogen-bond acceptors (Lipinski definition) is 7. The number of halogens is 2. The van der Waals surface area contributed by atoms with E-state index in [-0.39, 0.29) is 11.9 Å². The SMILES string of the molecule is CN(c1cccc(-c2csc(SCC(=O)NC3CCN(Cc4ccc(Cl)c(Cl)c4)CC3)n2)c1)C1CCCN1. The topological polar surface area (TPSA) is 60.5 Å². The molecule has 0 bridgehead atoms. The second-order valence-electron chi connectivity index (χ2n) is 9.93. The van der Waals surface area contributed by atoms with Crippen molar-refractivity contribution in [2.24, 2.45) is 0 Å². The molecule has 6 nitrogen and oxygen atoms in total. The van der Waals surface area contributed by atoms with Crippen molar-refractivity contribution in [3.63, 3.8) is 0 Å². The minimum absolute atomic E-state index is 0.0716. The van der Waals surface area contributed by atoms with Gasteiger partial charge in [0.2, 0.25) is 5.91 Å². The third kappa shape index (κ3) is 7.23. The van der Waals surface area contributed by atoms with Crippen molar-refractivity contribution >= 4 is 57.9 Å². The summed E-state index contributed by atoms with van der Waals surface area (Å²) in [6, 6.07) is 14.6. The zero-order chi connectivity index (χ0) is 26.5. The first-order chi connectivity index (χ1) is 18.4. The molecule has 3 aromatic rings. The molecule has 38 heavy (non-hydrogen) atoms. The van der Waals surface area contributed by atoms with Crippen molar-refractivity contribution in [1.82, 2.24) is 20.5 Å². The lowest BCUT2D eigenvalue weighted by atomic mass is 10.0. The van der Waals surface area contributed by atoms with Gasteiger partial charge >= 0.3 is 0 Å². The first kappa shape index (κ1) is 27.7. The summed E-state index contributed by atoms with van der Waals surface area (Å²) in [5.41, 5.74) is 4.41. The molecule has 202 valence electrons. The molecule has 2 aromatic carbocycles. The smallest absolute Gasteiger partial charge is 0.230 e. The van der Waals surface area contributed by atoms with Crippen LogP contribution in [0.3, 0.4) is 0 Å². The van der Waals surface area contributed by atoms with E-state index in [0.29, 0.717) is 22.0 Å². The lowest BCUT2D eigenvalue weighted by Gasteiger charge is -2.32. The maximum absolute atomic E-state index is 12.6. The average Bonchev–Trinajstić information content (AvgIpc) is 3.63. The van der Waals surface area contributed by atoms with E-state index in [1.165, 1.54) is 23.9 Å². The van der Waals surface area contributed by atoms with Gasteiger partial charge in [0, 0.05) is 49.4 Å². The summed E-state index contributed by atoms with van der Waals surface area (Å²) < 4.78 is 0.919. The molecule has 5 rings (SSSR count). The molecule has 0 saturated carbocycles. The fraction of sp³-hybridized carbons (Fsp3) is 0.429. The molecule has 0 aliphatic carbocycles. The average molecular weight is 591 g/mol. The van der Waals surface area contributed by atoms with Crippen LogP contribution in [-0.2, 0) is 11.3 Å². The van der Waals surface area contributed by atoms with Crippen molar-refractivity contribution in [2.45, 2.75) is 48.8 Å². The highest BCUT2D eigenvalue weighted by molar-refractivity contribution is 8.01. The molecule has 3 heterocycles. The van der Waals surface area contributed by atoms with Gasteiger partial charge in [-0.3, -0.25) is 15.0 Å². The zero-order valence-electron chi connectivity index (χ0n) is 21.5. The molecule has 2 fully saturated rings. The van der Waals surface area contributed by atoms with E-state index in [9.17, 15) is 4.79 Å². The number of thiazole rings is 1. The van der Waals surface area contributed by atoms with Gasteiger partial charge in [0.1, 0.15) is 0 Å². The highest BCUT2D eigenvalue weighted by atomic mass is 35.5. The summed E-state index contributed by atoms with van der Waals surface area (Å²) in [5, 5.41) is 10.0. The van der Waals surface area contributed by atoms with Crippen LogP contribution in [0.2, 0.25) is 10.0 Å². The second kappa shape index (κ2) is 13.0. The molecule has 0 spiro atoms. The second-order valence-corrected chi connectivity index (χ2v) is 12.8. The summed E-state index contributed by atoms with van der Waals surface area (Å²) in [5.74, 6) is 0.453. The van der Waals surface area contributed by atoms with Gasteiger partial charge in [0.25, 0.3) is 0 Å². The molecule has 1 atom stereocenters. The number of hydrogen-bond donors (Lipinski definition) is 2. The third-order valence-corrected chi connectivity index (χ3v) is 9.96. The van der Waals surface area contributed by atoms with E-state index in [2.05, 4.69) is 57.1 Å². The van der Waals surface area contributed by atoms with Gasteiger partial charge in [-0.25, -0.2) is 4.98 Å². The summed E-state index contributed by atoms with van der Waals surface area (Å²) >= 11 is 15.3. The van der Waals surface area contributed by atoms with Gasteiger partial charge in [0.05, 0.1) is 27.7 Å². The van der Waals surface area contributed by atoms with Gasteiger partial charge in [-0.05, 0) is 62.1 Å². The highest BCUT2D eigenvalue weighted by Crippen LogP contribution is 2.31. The maximum atomic E-state index is 12.6. The Morgan fingerprint density at radius 2 is 2.03 bits per heavy atom. The minimum atomic E-state index is 0.0716. The Balaban J connectivity index is 1.06. The Labute approximate surface area is 243 Å². The van der Waals surface area contributed by atoms with Crippen molar-refractivity contribution in [3.05, 3.63) is 63.5 Å². The third-order valence-electron chi connectivity index (χ3n) is 7.20. The van der Waals surface area contributed by atoms with Crippen molar-refractivity contribution < 1.29 is 4.79 Å². The number of thioether (sulfide) groups is 1. The maximum Gasteiger partial charge on any atom is 0.230 e. The van der Waals surface area contributed by atoms with Crippen LogP contribution < -0.4 is 15.5 Å². The Kier molecular flexibility index (Phi) is 9.51. The molecule has 0 radical (unpaired) electrons. The Bertz CT molecular complexity index is 1240. The fourth-order valence-corrected chi connectivity index (χ4v) is 7.01. The molecular formula is C28H33Cl2N5OS2. The summed E-state index contributed by atoms with van der Waals surface area (Å²) in [7, 11) is 2.14. The quantitative estimate of drug-likeness (QED) is 0.292. The summed E-state index contributed by atoms with van der Waals surface area (Å²) in [6.07, 6.45) is 4.66. The molecule has 2 N–H and O–H groups in total. The van der Waals surface area contributed by atoms with E-state index in [4.69, 9.17) is 28.2 Å². The number of piperidine rings is 1. The van der Waals surface area contributed by atoms with Crippen LogP contribution in [0.15, 0.2) is 52.2 Å². The van der Waals surface area contributed by atoms with Crippen LogP contribution in [0, 0.1) is 0 Å². The number of carbonyl (C=O) groups excluding carboxylic acids is 1. The van der Waals surface area contributed by atoms with E-state index in [1.807, 2.05) is 18.2 Å². The molecule has 1 amide bonds. The summed E-state index contributed by atoms with van der Waals surface area (Å²) in [4.78, 5) is 22.1. The normalized spacial score (nSPS) is 18.6. The zero-order valence-corrected chi connectivity index (χ0v) is 24.6. The highest BCUT2D eigenvalue weighted by Gasteiger charge is 2.22. The molecule has 2 saturated heterocycles. The molecule has 1 unspecified atom stereocenters. The first-order valence-electron chi connectivity index (χ1n) is 13.1. The van der Waals surface area contributed by atoms with Crippen LogP contribution in [0.1, 0.15) is 31.2 Å². The van der Waals surface area contributed by atoms with Crippen molar-refractivity contribution in [2.75, 3.05) is 37.3 Å². The largest absolute Gasteiger partial charge is 0.359 e. The monoisotopic (exact) mass is 589 g/mol. The molecule has 1 aromatic heterocycles. The van der Waals surface area contributed by atoms with Gasteiger partial charge < -0.3 is 10.2 Å². The van der Waals surface area contributed by atoms with Crippen LogP contribution in [0.5, 0.6) is 0 Å². The van der Waals surface area contributed by atoms with Gasteiger partial charge in [0.15, 0.2) is 4.34 Å². The number of anilines is 1. The number of nitrogens with one attached hydrogen (secondary N) is 2. The number of rotatable bonds is 9.